The van der Waals surface area contributed by atoms with Crippen molar-refractivity contribution >= 4 is 11.8 Å². The number of halogens is 1. The molecule has 0 saturated carbocycles. The van der Waals surface area contributed by atoms with Gasteiger partial charge in [-0.2, -0.15) is 0 Å². The fourth-order valence-electron chi connectivity index (χ4n) is 1.65. The third kappa shape index (κ3) is 4.65. The number of hydrogen-bond acceptors (Lipinski definition) is 2. The van der Waals surface area contributed by atoms with E-state index in [1.165, 1.54) is 10.6 Å². The molecule has 0 unspecified atom stereocenters. The fraction of sp³-hybridized carbons (Fsp3) is 0.500. The molecule has 5 heteroatoms. The molecule has 0 spiro atoms. The van der Waals surface area contributed by atoms with Gasteiger partial charge in [-0.05, 0) is 26.0 Å². The van der Waals surface area contributed by atoms with Crippen molar-refractivity contribution in [3.8, 4) is 5.75 Å². The molecular formula is C14H23IN2O2. The summed E-state index contributed by atoms with van der Waals surface area (Å²) in [6.45, 7) is 6.41. The zero-order valence-electron chi connectivity index (χ0n) is 12.3. The summed E-state index contributed by atoms with van der Waals surface area (Å²) >= 11 is 0. The van der Waals surface area contributed by atoms with Crippen LogP contribution >= 0.6 is 0 Å². The van der Waals surface area contributed by atoms with Gasteiger partial charge in [0.15, 0.2) is 0 Å². The van der Waals surface area contributed by atoms with Crippen molar-refractivity contribution in [2.24, 2.45) is 0 Å². The van der Waals surface area contributed by atoms with Crippen LogP contribution in [0.3, 0.4) is 0 Å². The maximum Gasteiger partial charge on any atom is 0.414 e. The molecule has 0 bridgehead atoms. The van der Waals surface area contributed by atoms with E-state index in [1.807, 2.05) is 24.3 Å². The molecular weight excluding hydrogens is 355 g/mol. The lowest BCUT2D eigenvalue weighted by Gasteiger charge is -2.31. The van der Waals surface area contributed by atoms with Gasteiger partial charge >= 0.3 is 6.09 Å². The molecule has 0 aromatic heterocycles. The Morgan fingerprint density at radius 3 is 2.00 bits per heavy atom. The summed E-state index contributed by atoms with van der Waals surface area (Å²) in [7, 11) is 5.53. The Labute approximate surface area is 132 Å². The highest BCUT2D eigenvalue weighted by Crippen LogP contribution is 2.24. The lowest BCUT2D eigenvalue weighted by Crippen LogP contribution is -3.00. The smallest absolute Gasteiger partial charge is 0.414 e. The minimum atomic E-state index is -0.356. The van der Waals surface area contributed by atoms with Crippen molar-refractivity contribution in [3.05, 3.63) is 24.3 Å². The lowest BCUT2D eigenvalue weighted by atomic mass is 10.2. The van der Waals surface area contributed by atoms with Gasteiger partial charge in [0.25, 0.3) is 0 Å². The van der Waals surface area contributed by atoms with Crippen LogP contribution in [0.25, 0.3) is 0 Å². The molecule has 1 aromatic carbocycles. The molecule has 108 valence electrons. The van der Waals surface area contributed by atoms with E-state index in [-0.39, 0.29) is 30.1 Å². The Balaban J connectivity index is 0.00000324. The van der Waals surface area contributed by atoms with Crippen LogP contribution in [0.15, 0.2) is 24.3 Å². The Morgan fingerprint density at radius 2 is 1.63 bits per heavy atom. The quantitative estimate of drug-likeness (QED) is 0.533. The average Bonchev–Trinajstić information content (AvgIpc) is 2.38. The Morgan fingerprint density at radius 1 is 1.16 bits per heavy atom. The second-order valence-corrected chi connectivity index (χ2v) is 4.78. The van der Waals surface area contributed by atoms with Gasteiger partial charge in [-0.15, -0.1) is 0 Å². The summed E-state index contributed by atoms with van der Waals surface area (Å²) in [6.07, 6.45) is -0.356. The molecule has 0 aliphatic rings. The van der Waals surface area contributed by atoms with Gasteiger partial charge in [-0.1, -0.05) is 0 Å². The van der Waals surface area contributed by atoms with Crippen molar-refractivity contribution in [3.63, 3.8) is 0 Å². The predicted molar refractivity (Wildman–Crippen MR) is 75.0 cm³/mol. The van der Waals surface area contributed by atoms with Gasteiger partial charge in [0, 0.05) is 26.2 Å². The van der Waals surface area contributed by atoms with E-state index in [2.05, 4.69) is 20.9 Å². The topological polar surface area (TPSA) is 29.5 Å². The summed E-state index contributed by atoms with van der Waals surface area (Å²) in [6, 6.07) is 7.73. The zero-order chi connectivity index (χ0) is 13.8. The van der Waals surface area contributed by atoms with Gasteiger partial charge in [-0.25, -0.2) is 4.79 Å². The first-order valence-electron chi connectivity index (χ1n) is 6.27. The standard InChI is InChI=1S/C14H23N2O2.HI/c1-6-16(5,7-2)12-8-10-13(11-9-12)18-14(17)15(3)4;/h8-11H,6-7H2,1-5H3;1H/q+1;/p-1. The van der Waals surface area contributed by atoms with Crippen molar-refractivity contribution < 1.29 is 33.5 Å². The Kier molecular flexibility index (Phi) is 7.36. The number of hydrogen-bond donors (Lipinski definition) is 0. The summed E-state index contributed by atoms with van der Waals surface area (Å²) in [5.74, 6) is 0.580. The number of nitrogens with zero attached hydrogens (tertiary/aromatic N) is 2. The highest BCUT2D eigenvalue weighted by Gasteiger charge is 2.20. The minimum absolute atomic E-state index is 0. The van der Waals surface area contributed by atoms with Crippen LogP contribution in [0.1, 0.15) is 13.8 Å². The predicted octanol–water partition coefficient (Wildman–Crippen LogP) is -0.272. The van der Waals surface area contributed by atoms with Crippen LogP contribution in [0.4, 0.5) is 10.5 Å². The second kappa shape index (κ2) is 7.69. The molecule has 0 atom stereocenters. The summed E-state index contributed by atoms with van der Waals surface area (Å²) in [5, 5.41) is 0. The third-order valence-corrected chi connectivity index (χ3v) is 3.43. The zero-order valence-corrected chi connectivity index (χ0v) is 14.5. The highest BCUT2D eigenvalue weighted by molar-refractivity contribution is 5.70. The summed E-state index contributed by atoms with van der Waals surface area (Å²) < 4.78 is 6.07. The fourth-order valence-corrected chi connectivity index (χ4v) is 1.65. The van der Waals surface area contributed by atoms with E-state index in [9.17, 15) is 4.79 Å². The summed E-state index contributed by atoms with van der Waals surface area (Å²) in [4.78, 5) is 12.8. The molecule has 4 nitrogen and oxygen atoms in total. The molecule has 0 fully saturated rings. The first kappa shape index (κ1) is 18.2. The molecule has 19 heavy (non-hydrogen) atoms. The maximum absolute atomic E-state index is 11.4. The number of amides is 1. The number of rotatable bonds is 4. The molecule has 0 radical (unpaired) electrons. The van der Waals surface area contributed by atoms with Crippen LogP contribution in [-0.4, -0.2) is 45.2 Å². The molecule has 0 N–H and O–H groups in total. The maximum atomic E-state index is 11.4. The lowest BCUT2D eigenvalue weighted by molar-refractivity contribution is -0.00000903. The molecule has 1 aromatic rings. The average molecular weight is 378 g/mol. The number of benzene rings is 1. The third-order valence-electron chi connectivity index (χ3n) is 3.43. The largest absolute Gasteiger partial charge is 1.00 e. The van der Waals surface area contributed by atoms with Gasteiger partial charge < -0.3 is 33.6 Å². The van der Waals surface area contributed by atoms with Crippen molar-refractivity contribution in [1.29, 1.82) is 0 Å². The van der Waals surface area contributed by atoms with Gasteiger partial charge in [0.05, 0.1) is 20.1 Å². The van der Waals surface area contributed by atoms with Gasteiger partial charge in [-0.3, -0.25) is 4.48 Å². The summed E-state index contributed by atoms with van der Waals surface area (Å²) in [5.41, 5.74) is 1.23. The highest BCUT2D eigenvalue weighted by atomic mass is 127. The number of carbonyl (C=O) groups excluding carboxylic acids is 1. The number of carbonyl (C=O) groups is 1. The van der Waals surface area contributed by atoms with Crippen LogP contribution in [0, 0.1) is 0 Å². The van der Waals surface area contributed by atoms with E-state index in [0.29, 0.717) is 5.75 Å². The van der Waals surface area contributed by atoms with E-state index in [0.717, 1.165) is 17.6 Å². The van der Waals surface area contributed by atoms with Gasteiger partial charge in [0.2, 0.25) is 0 Å². The van der Waals surface area contributed by atoms with Crippen molar-refractivity contribution in [1.82, 2.24) is 9.38 Å². The van der Waals surface area contributed by atoms with E-state index in [1.54, 1.807) is 14.1 Å². The molecule has 0 heterocycles. The van der Waals surface area contributed by atoms with Crippen LogP contribution in [0.5, 0.6) is 5.75 Å². The molecule has 1 rings (SSSR count). The van der Waals surface area contributed by atoms with E-state index in [4.69, 9.17) is 4.74 Å². The molecule has 0 aliphatic carbocycles. The van der Waals surface area contributed by atoms with Crippen molar-refractivity contribution in [2.75, 3.05) is 34.2 Å². The Hall–Kier alpha value is -0.820. The number of ether oxygens (including phenoxy) is 1. The normalized spacial score (nSPS) is 10.6. The van der Waals surface area contributed by atoms with Crippen LogP contribution in [0.2, 0.25) is 0 Å². The SMILES string of the molecule is CC[N+](C)(CC)c1ccc(OC(=O)N(C)C)cc1.[I-]. The minimum Gasteiger partial charge on any atom is -1.00 e. The second-order valence-electron chi connectivity index (χ2n) is 4.78. The monoisotopic (exact) mass is 378 g/mol. The van der Waals surface area contributed by atoms with Crippen LogP contribution < -0.4 is 33.2 Å². The molecule has 1 amide bonds. The Bertz CT molecular complexity index is 400. The van der Waals surface area contributed by atoms with Crippen molar-refractivity contribution in [2.45, 2.75) is 13.8 Å². The van der Waals surface area contributed by atoms with Crippen LogP contribution in [-0.2, 0) is 0 Å². The molecule has 0 aliphatic heterocycles. The first-order valence-corrected chi connectivity index (χ1v) is 6.27. The van der Waals surface area contributed by atoms with E-state index >= 15 is 0 Å². The molecule has 0 saturated heterocycles. The van der Waals surface area contributed by atoms with E-state index < -0.39 is 0 Å². The first-order chi connectivity index (χ1) is 8.42. The number of quaternary nitrogens is 1. The van der Waals surface area contributed by atoms with Gasteiger partial charge in [0.1, 0.15) is 11.4 Å².